The Bertz CT molecular complexity index is 647. The standard InChI is InChI=1S/C15H17Cl2N3O/c1-3-20-9-13(18)7-14(20)15(21)19(2)8-10-4-11(16)6-12(17)5-10/h4-7,9H,3,8,18H2,1-2H3. The van der Waals surface area contributed by atoms with Crippen LogP contribution in [0.5, 0.6) is 0 Å². The highest BCUT2D eigenvalue weighted by atomic mass is 35.5. The van der Waals surface area contributed by atoms with Gasteiger partial charge in [0.15, 0.2) is 0 Å². The van der Waals surface area contributed by atoms with E-state index in [0.717, 1.165) is 5.56 Å². The smallest absolute Gasteiger partial charge is 0.270 e. The van der Waals surface area contributed by atoms with Gasteiger partial charge in [0, 0.05) is 36.4 Å². The van der Waals surface area contributed by atoms with Gasteiger partial charge in [-0.3, -0.25) is 4.79 Å². The van der Waals surface area contributed by atoms with Gasteiger partial charge in [-0.1, -0.05) is 23.2 Å². The van der Waals surface area contributed by atoms with Crippen LogP contribution < -0.4 is 5.73 Å². The van der Waals surface area contributed by atoms with E-state index in [1.807, 2.05) is 11.5 Å². The molecule has 2 N–H and O–H groups in total. The van der Waals surface area contributed by atoms with Crippen LogP contribution in [0.3, 0.4) is 0 Å². The number of amides is 1. The molecule has 6 heteroatoms. The Morgan fingerprint density at radius 3 is 2.43 bits per heavy atom. The Morgan fingerprint density at radius 2 is 1.86 bits per heavy atom. The van der Waals surface area contributed by atoms with Crippen LogP contribution in [0.25, 0.3) is 0 Å². The zero-order valence-corrected chi connectivity index (χ0v) is 13.4. The molecule has 0 aliphatic heterocycles. The number of carbonyl (C=O) groups excluding carboxylic acids is 1. The first-order valence-corrected chi connectivity index (χ1v) is 7.32. The lowest BCUT2D eigenvalue weighted by Gasteiger charge is -2.18. The minimum Gasteiger partial charge on any atom is -0.397 e. The predicted molar refractivity (Wildman–Crippen MR) is 86.8 cm³/mol. The molecule has 0 aliphatic carbocycles. The number of anilines is 1. The van der Waals surface area contributed by atoms with Gasteiger partial charge in [-0.2, -0.15) is 0 Å². The van der Waals surface area contributed by atoms with Crippen molar-refractivity contribution in [2.24, 2.45) is 0 Å². The Labute approximate surface area is 134 Å². The maximum atomic E-state index is 12.5. The lowest BCUT2D eigenvalue weighted by molar-refractivity contribution is 0.0774. The van der Waals surface area contributed by atoms with Gasteiger partial charge in [0.1, 0.15) is 5.69 Å². The molecule has 1 aromatic heterocycles. The maximum absolute atomic E-state index is 12.5. The maximum Gasteiger partial charge on any atom is 0.270 e. The number of aromatic nitrogens is 1. The van der Waals surface area contributed by atoms with Crippen LogP contribution in [0.1, 0.15) is 23.0 Å². The molecule has 2 rings (SSSR count). The van der Waals surface area contributed by atoms with Crippen molar-refractivity contribution < 1.29 is 4.79 Å². The average molecular weight is 326 g/mol. The van der Waals surface area contributed by atoms with E-state index in [2.05, 4.69) is 0 Å². The van der Waals surface area contributed by atoms with Crippen molar-refractivity contribution in [1.29, 1.82) is 0 Å². The van der Waals surface area contributed by atoms with E-state index in [0.29, 0.717) is 34.5 Å². The molecule has 2 aromatic rings. The fraction of sp³-hybridized carbons (Fsp3) is 0.267. The molecule has 0 radical (unpaired) electrons. The SMILES string of the molecule is CCn1cc(N)cc1C(=O)N(C)Cc1cc(Cl)cc(Cl)c1. The number of carbonyl (C=O) groups is 1. The van der Waals surface area contributed by atoms with Crippen LogP contribution in [0, 0.1) is 0 Å². The first kappa shape index (κ1) is 15.7. The first-order valence-electron chi connectivity index (χ1n) is 6.56. The molecule has 0 saturated heterocycles. The third kappa shape index (κ3) is 3.71. The second-order valence-corrected chi connectivity index (χ2v) is 5.76. The Morgan fingerprint density at radius 1 is 1.24 bits per heavy atom. The average Bonchev–Trinajstić information content (AvgIpc) is 2.77. The van der Waals surface area contributed by atoms with Crippen LogP contribution in [0.4, 0.5) is 5.69 Å². The van der Waals surface area contributed by atoms with Crippen molar-refractivity contribution in [2.75, 3.05) is 12.8 Å². The van der Waals surface area contributed by atoms with E-state index in [4.69, 9.17) is 28.9 Å². The molecule has 0 atom stereocenters. The van der Waals surface area contributed by atoms with Gasteiger partial charge in [-0.05, 0) is 36.8 Å². The highest BCUT2D eigenvalue weighted by molar-refractivity contribution is 6.34. The number of halogens is 2. The lowest BCUT2D eigenvalue weighted by atomic mass is 10.2. The summed E-state index contributed by atoms with van der Waals surface area (Å²) in [7, 11) is 1.74. The molecule has 1 heterocycles. The van der Waals surface area contributed by atoms with E-state index in [9.17, 15) is 4.79 Å². The van der Waals surface area contributed by atoms with E-state index >= 15 is 0 Å². The number of rotatable bonds is 4. The molecule has 0 aliphatic rings. The molecule has 0 saturated carbocycles. The zero-order valence-electron chi connectivity index (χ0n) is 11.9. The lowest BCUT2D eigenvalue weighted by Crippen LogP contribution is -2.28. The molecule has 0 bridgehead atoms. The summed E-state index contributed by atoms with van der Waals surface area (Å²) in [5.74, 6) is -0.0929. The minimum absolute atomic E-state index is 0.0929. The summed E-state index contributed by atoms with van der Waals surface area (Å²) in [6.07, 6.45) is 1.76. The van der Waals surface area contributed by atoms with Crippen molar-refractivity contribution >= 4 is 34.8 Å². The molecule has 0 spiro atoms. The number of hydrogen-bond donors (Lipinski definition) is 1. The largest absolute Gasteiger partial charge is 0.397 e. The highest BCUT2D eigenvalue weighted by Gasteiger charge is 2.17. The second kappa shape index (κ2) is 6.41. The van der Waals surface area contributed by atoms with Gasteiger partial charge in [0.2, 0.25) is 0 Å². The molecular weight excluding hydrogens is 309 g/mol. The van der Waals surface area contributed by atoms with Gasteiger partial charge in [-0.25, -0.2) is 0 Å². The molecule has 4 nitrogen and oxygen atoms in total. The summed E-state index contributed by atoms with van der Waals surface area (Å²) in [5.41, 5.74) is 7.80. The van der Waals surface area contributed by atoms with E-state index in [1.54, 1.807) is 42.4 Å². The third-order valence-corrected chi connectivity index (χ3v) is 3.60. The quantitative estimate of drug-likeness (QED) is 0.932. The minimum atomic E-state index is -0.0929. The van der Waals surface area contributed by atoms with Crippen molar-refractivity contribution in [3.63, 3.8) is 0 Å². The number of nitrogens with two attached hydrogens (primary N) is 1. The monoisotopic (exact) mass is 325 g/mol. The number of aryl methyl sites for hydroxylation is 1. The van der Waals surface area contributed by atoms with Gasteiger partial charge < -0.3 is 15.2 Å². The van der Waals surface area contributed by atoms with Crippen molar-refractivity contribution in [1.82, 2.24) is 9.47 Å². The predicted octanol–water partition coefficient (Wildman–Crippen LogP) is 3.67. The van der Waals surface area contributed by atoms with Crippen molar-refractivity contribution in [2.45, 2.75) is 20.0 Å². The summed E-state index contributed by atoms with van der Waals surface area (Å²) in [5, 5.41) is 1.11. The van der Waals surface area contributed by atoms with Gasteiger partial charge in [-0.15, -0.1) is 0 Å². The fourth-order valence-electron chi connectivity index (χ4n) is 2.22. The van der Waals surface area contributed by atoms with E-state index in [-0.39, 0.29) is 5.91 Å². The molecule has 1 amide bonds. The van der Waals surface area contributed by atoms with Gasteiger partial charge in [0.25, 0.3) is 5.91 Å². The number of hydrogen-bond acceptors (Lipinski definition) is 2. The molecular formula is C15H17Cl2N3O. The van der Waals surface area contributed by atoms with Crippen molar-refractivity contribution in [3.8, 4) is 0 Å². The number of nitrogen functional groups attached to an aromatic ring is 1. The highest BCUT2D eigenvalue weighted by Crippen LogP contribution is 2.21. The summed E-state index contributed by atoms with van der Waals surface area (Å²) < 4.78 is 1.83. The fourth-order valence-corrected chi connectivity index (χ4v) is 2.79. The summed E-state index contributed by atoms with van der Waals surface area (Å²) >= 11 is 11.9. The third-order valence-electron chi connectivity index (χ3n) is 3.17. The van der Waals surface area contributed by atoms with E-state index < -0.39 is 0 Å². The van der Waals surface area contributed by atoms with Crippen molar-refractivity contribution in [3.05, 3.63) is 51.8 Å². The first-order chi connectivity index (χ1) is 9.90. The molecule has 0 unspecified atom stereocenters. The normalized spacial score (nSPS) is 10.7. The van der Waals surface area contributed by atoms with Gasteiger partial charge in [0.05, 0.1) is 5.69 Å². The van der Waals surface area contributed by atoms with Gasteiger partial charge >= 0.3 is 0 Å². The van der Waals surface area contributed by atoms with Crippen LogP contribution in [0.2, 0.25) is 10.0 Å². The van der Waals surface area contributed by atoms with Crippen LogP contribution in [-0.2, 0) is 13.1 Å². The second-order valence-electron chi connectivity index (χ2n) is 4.88. The Kier molecular flexibility index (Phi) is 4.80. The topological polar surface area (TPSA) is 51.3 Å². The number of nitrogens with zero attached hydrogens (tertiary/aromatic N) is 2. The molecule has 112 valence electrons. The van der Waals surface area contributed by atoms with Crippen LogP contribution >= 0.6 is 23.2 Å². The summed E-state index contributed by atoms with van der Waals surface area (Å²) in [4.78, 5) is 14.1. The Hall–Kier alpha value is -1.65. The van der Waals surface area contributed by atoms with E-state index in [1.165, 1.54) is 0 Å². The summed E-state index contributed by atoms with van der Waals surface area (Å²) in [6.45, 7) is 3.08. The molecule has 0 fully saturated rings. The summed E-state index contributed by atoms with van der Waals surface area (Å²) in [6, 6.07) is 6.94. The number of benzene rings is 1. The molecule has 1 aromatic carbocycles. The van der Waals surface area contributed by atoms with Crippen LogP contribution in [0.15, 0.2) is 30.5 Å². The Balaban J connectivity index is 2.19. The molecule has 21 heavy (non-hydrogen) atoms. The van der Waals surface area contributed by atoms with Crippen LogP contribution in [-0.4, -0.2) is 22.4 Å². The zero-order chi connectivity index (χ0) is 15.6.